The van der Waals surface area contributed by atoms with Gasteiger partial charge in [-0.1, -0.05) is 13.8 Å². The van der Waals surface area contributed by atoms with Crippen molar-refractivity contribution in [2.75, 3.05) is 5.73 Å². The highest BCUT2D eigenvalue weighted by molar-refractivity contribution is 5.69. The van der Waals surface area contributed by atoms with Crippen molar-refractivity contribution in [3.8, 4) is 11.1 Å². The molecule has 2 N–H and O–H groups in total. The first-order valence-electron chi connectivity index (χ1n) is 5.53. The summed E-state index contributed by atoms with van der Waals surface area (Å²) < 4.78 is 5.36. The van der Waals surface area contributed by atoms with Crippen LogP contribution in [-0.2, 0) is 12.8 Å². The van der Waals surface area contributed by atoms with Crippen LogP contribution < -0.4 is 5.73 Å². The second kappa shape index (κ2) is 4.35. The van der Waals surface area contributed by atoms with Gasteiger partial charge in [-0.15, -0.1) is 0 Å². The molecule has 0 fully saturated rings. The first-order chi connectivity index (χ1) is 7.84. The fourth-order valence-corrected chi connectivity index (χ4v) is 1.85. The Morgan fingerprint density at radius 2 is 2.06 bits per heavy atom. The molecule has 0 atom stereocenters. The van der Waals surface area contributed by atoms with Gasteiger partial charge in [0.15, 0.2) is 0 Å². The van der Waals surface area contributed by atoms with Gasteiger partial charge in [0, 0.05) is 23.7 Å². The number of anilines is 1. The fourth-order valence-electron chi connectivity index (χ4n) is 1.85. The van der Waals surface area contributed by atoms with Gasteiger partial charge in [0.25, 0.3) is 0 Å². The third-order valence-corrected chi connectivity index (χ3v) is 2.51. The van der Waals surface area contributed by atoms with Crippen molar-refractivity contribution in [1.29, 1.82) is 0 Å². The predicted molar refractivity (Wildman–Crippen MR) is 62.9 cm³/mol. The van der Waals surface area contributed by atoms with E-state index < -0.39 is 0 Å². The van der Waals surface area contributed by atoms with Crippen molar-refractivity contribution in [1.82, 2.24) is 9.97 Å². The van der Waals surface area contributed by atoms with Crippen LogP contribution in [0.3, 0.4) is 0 Å². The molecular formula is C12H15N3O. The van der Waals surface area contributed by atoms with Gasteiger partial charge in [0.05, 0.1) is 12.0 Å². The maximum absolute atomic E-state index is 5.53. The number of nitrogens with two attached hydrogens (primary N) is 1. The van der Waals surface area contributed by atoms with Gasteiger partial charge in [-0.25, -0.2) is 9.97 Å². The zero-order chi connectivity index (χ0) is 11.5. The quantitative estimate of drug-likeness (QED) is 0.736. The first kappa shape index (κ1) is 10.7. The zero-order valence-electron chi connectivity index (χ0n) is 9.53. The molecule has 0 saturated carbocycles. The summed E-state index contributed by atoms with van der Waals surface area (Å²) in [6.45, 7) is 4.00. The lowest BCUT2D eigenvalue weighted by atomic mass is 9.96. The lowest BCUT2D eigenvalue weighted by molar-refractivity contribution is 0.506. The minimum atomic E-state index is 0.343. The van der Waals surface area contributed by atoms with Gasteiger partial charge in [-0.2, -0.15) is 0 Å². The number of aryl methyl sites for hydroxylation is 2. The molecule has 0 amide bonds. The summed E-state index contributed by atoms with van der Waals surface area (Å²) in [5.41, 5.74) is 8.70. The second-order valence-corrected chi connectivity index (χ2v) is 3.35. The highest BCUT2D eigenvalue weighted by atomic mass is 16.3. The minimum Gasteiger partial charge on any atom is -0.469 e. The number of hydrogen-bond donors (Lipinski definition) is 1. The van der Waals surface area contributed by atoms with E-state index in [1.54, 1.807) is 12.5 Å². The molecule has 2 aromatic rings. The Kier molecular flexibility index (Phi) is 2.90. The van der Waals surface area contributed by atoms with Crippen LogP contribution in [0.5, 0.6) is 0 Å². The van der Waals surface area contributed by atoms with Crippen molar-refractivity contribution < 1.29 is 4.42 Å². The number of aromatic nitrogens is 2. The van der Waals surface area contributed by atoms with Crippen LogP contribution in [0, 0.1) is 0 Å². The fraction of sp³-hybridized carbons (Fsp3) is 0.333. The summed E-state index contributed by atoms with van der Waals surface area (Å²) >= 11 is 0. The molecule has 0 radical (unpaired) electrons. The Hall–Kier alpha value is -1.84. The number of furan rings is 1. The largest absolute Gasteiger partial charge is 0.469 e. The van der Waals surface area contributed by atoms with E-state index in [1.165, 1.54) is 0 Å². The van der Waals surface area contributed by atoms with Crippen molar-refractivity contribution in [2.24, 2.45) is 0 Å². The molecule has 1 aliphatic carbocycles. The van der Waals surface area contributed by atoms with Gasteiger partial charge in [0.1, 0.15) is 5.76 Å². The van der Waals surface area contributed by atoms with Gasteiger partial charge < -0.3 is 10.2 Å². The van der Waals surface area contributed by atoms with Crippen LogP contribution >= 0.6 is 0 Å². The minimum absolute atomic E-state index is 0.343. The van der Waals surface area contributed by atoms with Gasteiger partial charge in [-0.3, -0.25) is 0 Å². The van der Waals surface area contributed by atoms with Crippen molar-refractivity contribution in [2.45, 2.75) is 26.7 Å². The van der Waals surface area contributed by atoms with E-state index in [0.717, 1.165) is 35.4 Å². The number of hydrogen-bond acceptors (Lipinski definition) is 4. The monoisotopic (exact) mass is 217 g/mol. The van der Waals surface area contributed by atoms with Crippen LogP contribution in [0.2, 0.25) is 0 Å². The summed E-state index contributed by atoms with van der Waals surface area (Å²) in [7, 11) is 0. The van der Waals surface area contributed by atoms with E-state index in [4.69, 9.17) is 10.2 Å². The maximum atomic E-state index is 5.53. The molecule has 0 unspecified atom stereocenters. The summed E-state index contributed by atoms with van der Waals surface area (Å²) in [6, 6.07) is 1.95. The molecule has 0 spiro atoms. The number of nitrogens with zero attached hydrogens (tertiary/aromatic N) is 2. The molecule has 0 saturated heterocycles. The smallest absolute Gasteiger partial charge is 0.220 e. The Labute approximate surface area is 94.5 Å². The third-order valence-electron chi connectivity index (χ3n) is 2.51. The summed E-state index contributed by atoms with van der Waals surface area (Å²) in [5.74, 6) is 1.36. The summed E-state index contributed by atoms with van der Waals surface area (Å²) in [6.07, 6.45) is 5.25. The normalized spacial score (nSPS) is 12.1. The van der Waals surface area contributed by atoms with Crippen molar-refractivity contribution >= 4 is 5.95 Å². The van der Waals surface area contributed by atoms with E-state index in [0.29, 0.717) is 5.95 Å². The van der Waals surface area contributed by atoms with Crippen LogP contribution in [0.1, 0.15) is 25.3 Å². The molecule has 4 nitrogen and oxygen atoms in total. The molecule has 0 aliphatic heterocycles. The van der Waals surface area contributed by atoms with Gasteiger partial charge in [0.2, 0.25) is 5.95 Å². The molecule has 3 rings (SSSR count). The average Bonchev–Trinajstić information content (AvgIpc) is 2.79. The second-order valence-electron chi connectivity index (χ2n) is 3.35. The highest BCUT2D eigenvalue weighted by Crippen LogP contribution is 2.32. The lowest BCUT2D eigenvalue weighted by Crippen LogP contribution is -2.07. The molecular weight excluding hydrogens is 202 g/mol. The topological polar surface area (TPSA) is 64.9 Å². The number of fused-ring (bicyclic) bond motifs is 3. The third kappa shape index (κ3) is 1.66. The molecule has 0 bridgehead atoms. The van der Waals surface area contributed by atoms with E-state index >= 15 is 0 Å². The molecule has 2 heterocycles. The Morgan fingerprint density at radius 1 is 1.25 bits per heavy atom. The van der Waals surface area contributed by atoms with Gasteiger partial charge in [-0.05, 0) is 12.5 Å². The predicted octanol–water partition coefficient (Wildman–Crippen LogP) is 2.44. The molecule has 2 aromatic heterocycles. The summed E-state index contributed by atoms with van der Waals surface area (Å²) in [4.78, 5) is 8.21. The Balaban J connectivity index is 0.000000457. The maximum Gasteiger partial charge on any atom is 0.220 e. The number of nitrogen functional groups attached to an aromatic ring is 1. The first-order valence-corrected chi connectivity index (χ1v) is 5.53. The highest BCUT2D eigenvalue weighted by Gasteiger charge is 2.19. The summed E-state index contributed by atoms with van der Waals surface area (Å²) in [5, 5.41) is 0. The van der Waals surface area contributed by atoms with Crippen LogP contribution in [0.25, 0.3) is 11.1 Å². The van der Waals surface area contributed by atoms with E-state index in [-0.39, 0.29) is 0 Å². The average molecular weight is 217 g/mol. The van der Waals surface area contributed by atoms with Crippen LogP contribution in [0.15, 0.2) is 22.9 Å². The van der Waals surface area contributed by atoms with E-state index in [1.807, 2.05) is 19.9 Å². The van der Waals surface area contributed by atoms with E-state index in [2.05, 4.69) is 9.97 Å². The van der Waals surface area contributed by atoms with Gasteiger partial charge >= 0.3 is 0 Å². The van der Waals surface area contributed by atoms with Crippen molar-refractivity contribution in [3.05, 3.63) is 30.0 Å². The lowest BCUT2D eigenvalue weighted by Gasteiger charge is -2.13. The molecule has 4 heteroatoms. The number of rotatable bonds is 0. The molecule has 16 heavy (non-hydrogen) atoms. The van der Waals surface area contributed by atoms with Crippen LogP contribution in [-0.4, -0.2) is 9.97 Å². The SMILES string of the molecule is CC.Nc1ncc2c(n1)CCc1occc1-2. The zero-order valence-corrected chi connectivity index (χ0v) is 9.53. The molecule has 1 aliphatic rings. The van der Waals surface area contributed by atoms with Crippen molar-refractivity contribution in [3.63, 3.8) is 0 Å². The van der Waals surface area contributed by atoms with Crippen LogP contribution in [0.4, 0.5) is 5.95 Å². The molecule has 84 valence electrons. The molecule has 0 aromatic carbocycles. The van der Waals surface area contributed by atoms with E-state index in [9.17, 15) is 0 Å². The Morgan fingerprint density at radius 3 is 2.88 bits per heavy atom. The standard InChI is InChI=1S/C10H9N3O.C2H6/c11-10-12-5-7-6-3-4-14-9(6)2-1-8(7)13-10;1-2/h3-5H,1-2H2,(H2,11,12,13);1-2H3. The Bertz CT molecular complexity index is 491.